The Hall–Kier alpha value is -1.52. The molecule has 1 N–H and O–H groups in total. The van der Waals surface area contributed by atoms with Crippen molar-refractivity contribution in [2.45, 2.75) is 19.9 Å². The molecule has 1 unspecified atom stereocenters. The molecule has 1 atom stereocenters. The Kier molecular flexibility index (Phi) is 4.68. The molecule has 0 aliphatic rings. The first kappa shape index (κ1) is 14.9. The zero-order valence-corrected chi connectivity index (χ0v) is 13.1. The molecular weight excluding hydrogens is 294 g/mol. The van der Waals surface area contributed by atoms with Crippen LogP contribution in [0, 0.1) is 6.92 Å². The van der Waals surface area contributed by atoms with E-state index >= 15 is 0 Å². The summed E-state index contributed by atoms with van der Waals surface area (Å²) in [5.41, 5.74) is 1.17. The molecular formula is C15H16ClNO2S. The van der Waals surface area contributed by atoms with E-state index in [0.717, 1.165) is 0 Å². The van der Waals surface area contributed by atoms with Crippen LogP contribution in [0.25, 0.3) is 0 Å². The fraction of sp³-hybridized carbons (Fsp3) is 0.267. The first-order valence-corrected chi connectivity index (χ1v) is 7.41. The maximum absolute atomic E-state index is 11.8. The summed E-state index contributed by atoms with van der Waals surface area (Å²) in [6.07, 6.45) is 0. The van der Waals surface area contributed by atoms with Gasteiger partial charge >= 0.3 is 5.97 Å². The highest BCUT2D eigenvalue weighted by Gasteiger charge is 2.15. The lowest BCUT2D eigenvalue weighted by atomic mass is 10.1. The quantitative estimate of drug-likeness (QED) is 0.834. The van der Waals surface area contributed by atoms with E-state index in [0.29, 0.717) is 16.3 Å². The van der Waals surface area contributed by atoms with Crippen molar-refractivity contribution in [3.05, 3.63) is 50.7 Å². The second-order valence-electron chi connectivity index (χ2n) is 4.50. The number of hydrogen-bond acceptors (Lipinski definition) is 4. The Balaban J connectivity index is 2.28. The summed E-state index contributed by atoms with van der Waals surface area (Å²) in [4.78, 5) is 14.2. The third-order valence-electron chi connectivity index (χ3n) is 2.95. The van der Waals surface area contributed by atoms with Gasteiger partial charge in [0.05, 0.1) is 24.4 Å². The summed E-state index contributed by atoms with van der Waals surface area (Å²) in [6.45, 7) is 4.12. The second-order valence-corrected chi connectivity index (χ2v) is 6.25. The van der Waals surface area contributed by atoms with Crippen LogP contribution in [0.2, 0.25) is 5.02 Å². The van der Waals surface area contributed by atoms with Crippen LogP contribution in [-0.4, -0.2) is 13.1 Å². The number of thiophene rings is 1. The zero-order valence-electron chi connectivity index (χ0n) is 11.6. The molecule has 0 bridgehead atoms. The van der Waals surface area contributed by atoms with Gasteiger partial charge in [0.1, 0.15) is 0 Å². The third kappa shape index (κ3) is 3.32. The van der Waals surface area contributed by atoms with Crippen molar-refractivity contribution in [1.82, 2.24) is 0 Å². The van der Waals surface area contributed by atoms with Crippen LogP contribution in [-0.2, 0) is 4.74 Å². The summed E-state index contributed by atoms with van der Waals surface area (Å²) in [5, 5.41) is 3.90. The van der Waals surface area contributed by atoms with E-state index in [9.17, 15) is 4.79 Å². The van der Waals surface area contributed by atoms with Crippen LogP contribution < -0.4 is 5.32 Å². The summed E-state index contributed by atoms with van der Waals surface area (Å²) in [6, 6.07) is 9.35. The Morgan fingerprint density at radius 3 is 2.70 bits per heavy atom. The molecule has 20 heavy (non-hydrogen) atoms. The molecule has 106 valence electrons. The molecule has 2 rings (SSSR count). The molecule has 5 heteroatoms. The van der Waals surface area contributed by atoms with E-state index in [1.165, 1.54) is 16.9 Å². The number of halogens is 1. The Bertz CT molecular complexity index is 624. The average Bonchev–Trinajstić information content (AvgIpc) is 2.85. The van der Waals surface area contributed by atoms with Crippen LogP contribution in [0.3, 0.4) is 0 Å². The summed E-state index contributed by atoms with van der Waals surface area (Å²) >= 11 is 7.74. The number of aryl methyl sites for hydroxylation is 1. The van der Waals surface area contributed by atoms with Crippen molar-refractivity contribution < 1.29 is 9.53 Å². The first-order valence-electron chi connectivity index (χ1n) is 6.22. The van der Waals surface area contributed by atoms with Crippen molar-refractivity contribution in [3.8, 4) is 0 Å². The SMILES string of the molecule is COC(=O)c1ccc(Cl)cc1NC(C)c1ccc(C)s1. The molecule has 2 aromatic rings. The molecule has 0 amide bonds. The van der Waals surface area contributed by atoms with Crippen LogP contribution >= 0.6 is 22.9 Å². The summed E-state index contributed by atoms with van der Waals surface area (Å²) < 4.78 is 4.79. The van der Waals surface area contributed by atoms with Gasteiger partial charge in [-0.05, 0) is 44.2 Å². The smallest absolute Gasteiger partial charge is 0.339 e. The lowest BCUT2D eigenvalue weighted by molar-refractivity contribution is 0.0602. The molecule has 0 fully saturated rings. The van der Waals surface area contributed by atoms with Gasteiger partial charge in [-0.15, -0.1) is 11.3 Å². The van der Waals surface area contributed by atoms with E-state index in [-0.39, 0.29) is 12.0 Å². The van der Waals surface area contributed by atoms with Crippen molar-refractivity contribution in [2.75, 3.05) is 12.4 Å². The van der Waals surface area contributed by atoms with E-state index < -0.39 is 0 Å². The highest BCUT2D eigenvalue weighted by Crippen LogP contribution is 2.29. The minimum absolute atomic E-state index is 0.0931. The second kappa shape index (κ2) is 6.29. The third-order valence-corrected chi connectivity index (χ3v) is 4.37. The predicted octanol–water partition coefficient (Wildman–Crippen LogP) is 4.67. The zero-order chi connectivity index (χ0) is 14.7. The molecule has 0 aliphatic carbocycles. The number of esters is 1. The van der Waals surface area contributed by atoms with Crippen LogP contribution in [0.5, 0.6) is 0 Å². The Morgan fingerprint density at radius 2 is 2.10 bits per heavy atom. The lowest BCUT2D eigenvalue weighted by Crippen LogP contribution is -2.11. The standard InChI is InChI=1S/C15H16ClNO2S/c1-9-4-7-14(20-9)10(2)17-13-8-11(16)5-6-12(13)15(18)19-3/h4-8,10,17H,1-3H3. The van der Waals surface area contributed by atoms with Crippen molar-refractivity contribution in [3.63, 3.8) is 0 Å². The maximum Gasteiger partial charge on any atom is 0.339 e. The van der Waals surface area contributed by atoms with Gasteiger partial charge in [0.2, 0.25) is 0 Å². The van der Waals surface area contributed by atoms with E-state index in [1.54, 1.807) is 29.5 Å². The van der Waals surface area contributed by atoms with Gasteiger partial charge in [0, 0.05) is 14.8 Å². The molecule has 1 aromatic heterocycles. The molecule has 1 heterocycles. The molecule has 3 nitrogen and oxygen atoms in total. The summed E-state index contributed by atoms with van der Waals surface area (Å²) in [5.74, 6) is -0.376. The summed E-state index contributed by atoms with van der Waals surface area (Å²) in [7, 11) is 1.37. The average molecular weight is 310 g/mol. The fourth-order valence-corrected chi connectivity index (χ4v) is 2.97. The first-order chi connectivity index (χ1) is 9.51. The number of nitrogens with one attached hydrogen (secondary N) is 1. The minimum atomic E-state index is -0.376. The maximum atomic E-state index is 11.8. The number of rotatable bonds is 4. The van der Waals surface area contributed by atoms with Crippen molar-refractivity contribution in [2.24, 2.45) is 0 Å². The van der Waals surface area contributed by atoms with Crippen molar-refractivity contribution in [1.29, 1.82) is 0 Å². The lowest BCUT2D eigenvalue weighted by Gasteiger charge is -2.16. The van der Waals surface area contributed by atoms with Gasteiger partial charge in [-0.1, -0.05) is 11.6 Å². The van der Waals surface area contributed by atoms with Crippen LogP contribution in [0.15, 0.2) is 30.3 Å². The number of hydrogen-bond donors (Lipinski definition) is 1. The van der Waals surface area contributed by atoms with Gasteiger partial charge in [0.25, 0.3) is 0 Å². The number of ether oxygens (including phenoxy) is 1. The van der Waals surface area contributed by atoms with Gasteiger partial charge in [-0.2, -0.15) is 0 Å². The van der Waals surface area contributed by atoms with Gasteiger partial charge in [-0.3, -0.25) is 0 Å². The molecule has 0 saturated carbocycles. The normalized spacial score (nSPS) is 12.0. The van der Waals surface area contributed by atoms with Gasteiger partial charge in [0.15, 0.2) is 0 Å². The van der Waals surface area contributed by atoms with Gasteiger partial charge in [-0.25, -0.2) is 4.79 Å². The Labute approximate surface area is 127 Å². The minimum Gasteiger partial charge on any atom is -0.465 e. The number of anilines is 1. The van der Waals surface area contributed by atoms with Crippen LogP contribution in [0.1, 0.15) is 33.1 Å². The molecule has 0 radical (unpaired) electrons. The number of carbonyl (C=O) groups excluding carboxylic acids is 1. The van der Waals surface area contributed by atoms with Crippen molar-refractivity contribution >= 4 is 34.6 Å². The highest BCUT2D eigenvalue weighted by molar-refractivity contribution is 7.12. The topological polar surface area (TPSA) is 38.3 Å². The van der Waals surface area contributed by atoms with Gasteiger partial charge < -0.3 is 10.1 Å². The van der Waals surface area contributed by atoms with Crippen LogP contribution in [0.4, 0.5) is 5.69 Å². The highest BCUT2D eigenvalue weighted by atomic mass is 35.5. The molecule has 0 aliphatic heterocycles. The van der Waals surface area contributed by atoms with E-state index in [4.69, 9.17) is 16.3 Å². The fourth-order valence-electron chi connectivity index (χ4n) is 1.91. The number of carbonyl (C=O) groups is 1. The number of methoxy groups -OCH3 is 1. The largest absolute Gasteiger partial charge is 0.465 e. The monoisotopic (exact) mass is 309 g/mol. The molecule has 0 spiro atoms. The van der Waals surface area contributed by atoms with E-state index in [2.05, 4.69) is 24.4 Å². The molecule has 1 aromatic carbocycles. The predicted molar refractivity (Wildman–Crippen MR) is 83.9 cm³/mol. The van der Waals surface area contributed by atoms with E-state index in [1.807, 2.05) is 6.92 Å². The molecule has 0 saturated heterocycles. The Morgan fingerprint density at radius 1 is 1.35 bits per heavy atom. The number of benzene rings is 1.